The Morgan fingerprint density at radius 3 is 2.60 bits per heavy atom. The number of nitrogens with two attached hydrogens (primary N) is 1. The van der Waals surface area contributed by atoms with Crippen LogP contribution in [0.2, 0.25) is 0 Å². The predicted octanol–water partition coefficient (Wildman–Crippen LogP) is 2.90. The number of halogens is 2. The molecule has 1 rings (SSSR count). The highest BCUT2D eigenvalue weighted by Crippen LogP contribution is 2.28. The van der Waals surface area contributed by atoms with Crippen LogP contribution >= 0.6 is 31.9 Å². The Kier molecular flexibility index (Phi) is 4.60. The molecular formula is C10H11Br2NO2. The zero-order valence-electron chi connectivity index (χ0n) is 8.22. The first-order valence-electron chi connectivity index (χ1n) is 4.43. The van der Waals surface area contributed by atoms with E-state index in [9.17, 15) is 4.79 Å². The number of nitrogen functional groups attached to an aromatic ring is 1. The van der Waals surface area contributed by atoms with Crippen molar-refractivity contribution >= 4 is 43.5 Å². The standard InChI is InChI=1S/C10H11Br2NO2/c1-2-15-10(14)4-6-3-7(11)8(12)5-9(6)13/h3,5H,2,4,13H2,1H3. The lowest BCUT2D eigenvalue weighted by Gasteiger charge is -2.07. The number of ether oxygens (including phenoxy) is 1. The van der Waals surface area contributed by atoms with E-state index in [0.29, 0.717) is 12.3 Å². The molecule has 5 heteroatoms. The fourth-order valence-electron chi connectivity index (χ4n) is 1.12. The molecule has 1 aromatic rings. The van der Waals surface area contributed by atoms with Crippen molar-refractivity contribution in [2.45, 2.75) is 13.3 Å². The molecule has 1 aromatic carbocycles. The summed E-state index contributed by atoms with van der Waals surface area (Å²) in [6.07, 6.45) is 0.200. The molecule has 15 heavy (non-hydrogen) atoms. The fraction of sp³-hybridized carbons (Fsp3) is 0.300. The molecule has 0 fully saturated rings. The summed E-state index contributed by atoms with van der Waals surface area (Å²) in [5.41, 5.74) is 7.12. The SMILES string of the molecule is CCOC(=O)Cc1cc(Br)c(Br)cc1N. The fourth-order valence-corrected chi connectivity index (χ4v) is 1.88. The van der Waals surface area contributed by atoms with Crippen molar-refractivity contribution in [2.24, 2.45) is 0 Å². The van der Waals surface area contributed by atoms with Gasteiger partial charge in [0.15, 0.2) is 0 Å². The van der Waals surface area contributed by atoms with Crippen LogP contribution in [0, 0.1) is 0 Å². The molecule has 0 heterocycles. The van der Waals surface area contributed by atoms with E-state index in [1.807, 2.05) is 6.07 Å². The molecule has 0 aliphatic heterocycles. The first-order chi connectivity index (χ1) is 7.04. The quantitative estimate of drug-likeness (QED) is 0.682. The minimum atomic E-state index is -0.265. The summed E-state index contributed by atoms with van der Waals surface area (Å²) in [5.74, 6) is -0.265. The molecular weight excluding hydrogens is 326 g/mol. The Morgan fingerprint density at radius 1 is 1.40 bits per heavy atom. The number of benzene rings is 1. The minimum Gasteiger partial charge on any atom is -0.466 e. The second kappa shape index (κ2) is 5.51. The molecule has 2 N–H and O–H groups in total. The van der Waals surface area contributed by atoms with Gasteiger partial charge in [0.2, 0.25) is 0 Å². The molecule has 0 saturated heterocycles. The van der Waals surface area contributed by atoms with Crippen molar-refractivity contribution < 1.29 is 9.53 Å². The molecule has 3 nitrogen and oxygen atoms in total. The average molecular weight is 337 g/mol. The largest absolute Gasteiger partial charge is 0.466 e. The molecule has 0 aromatic heterocycles. The number of rotatable bonds is 3. The molecule has 0 bridgehead atoms. The van der Waals surface area contributed by atoms with E-state index >= 15 is 0 Å². The van der Waals surface area contributed by atoms with E-state index < -0.39 is 0 Å². The lowest BCUT2D eigenvalue weighted by atomic mass is 10.1. The number of esters is 1. The van der Waals surface area contributed by atoms with Gasteiger partial charge >= 0.3 is 5.97 Å². The maximum atomic E-state index is 11.3. The first-order valence-corrected chi connectivity index (χ1v) is 6.02. The normalized spacial score (nSPS) is 10.1. The van der Waals surface area contributed by atoms with Gasteiger partial charge in [-0.15, -0.1) is 0 Å². The van der Waals surface area contributed by atoms with E-state index in [-0.39, 0.29) is 12.4 Å². The van der Waals surface area contributed by atoms with Gasteiger partial charge in [-0.1, -0.05) is 0 Å². The van der Waals surface area contributed by atoms with Crippen LogP contribution in [0.15, 0.2) is 21.1 Å². The van der Waals surface area contributed by atoms with E-state index in [2.05, 4.69) is 31.9 Å². The van der Waals surface area contributed by atoms with E-state index in [4.69, 9.17) is 10.5 Å². The lowest BCUT2D eigenvalue weighted by molar-refractivity contribution is -0.142. The topological polar surface area (TPSA) is 52.3 Å². The van der Waals surface area contributed by atoms with Gasteiger partial charge in [-0.2, -0.15) is 0 Å². The smallest absolute Gasteiger partial charge is 0.310 e. The van der Waals surface area contributed by atoms with Crippen molar-refractivity contribution in [1.29, 1.82) is 0 Å². The zero-order valence-corrected chi connectivity index (χ0v) is 11.4. The second-order valence-electron chi connectivity index (χ2n) is 2.95. The maximum absolute atomic E-state index is 11.3. The Balaban J connectivity index is 2.86. The van der Waals surface area contributed by atoms with Gasteiger partial charge in [0.05, 0.1) is 13.0 Å². The van der Waals surface area contributed by atoms with Crippen LogP contribution in [-0.2, 0) is 16.0 Å². The van der Waals surface area contributed by atoms with Crippen molar-refractivity contribution in [3.63, 3.8) is 0 Å². The van der Waals surface area contributed by atoms with Gasteiger partial charge in [0, 0.05) is 14.6 Å². The van der Waals surface area contributed by atoms with Crippen LogP contribution in [0.1, 0.15) is 12.5 Å². The molecule has 0 aliphatic rings. The van der Waals surface area contributed by atoms with Gasteiger partial charge in [-0.25, -0.2) is 0 Å². The third kappa shape index (κ3) is 3.50. The molecule has 0 radical (unpaired) electrons. The number of hydrogen-bond acceptors (Lipinski definition) is 3. The average Bonchev–Trinajstić information content (AvgIpc) is 2.14. The molecule has 0 aliphatic carbocycles. The summed E-state index contributed by atoms with van der Waals surface area (Å²) >= 11 is 6.69. The Morgan fingerprint density at radius 2 is 2.00 bits per heavy atom. The Bertz CT molecular complexity index is 380. The summed E-state index contributed by atoms with van der Waals surface area (Å²) < 4.78 is 6.59. The van der Waals surface area contributed by atoms with Crippen molar-refractivity contribution in [3.8, 4) is 0 Å². The maximum Gasteiger partial charge on any atom is 0.310 e. The van der Waals surface area contributed by atoms with Gasteiger partial charge < -0.3 is 10.5 Å². The van der Waals surface area contributed by atoms with Crippen LogP contribution in [0.25, 0.3) is 0 Å². The molecule has 0 spiro atoms. The van der Waals surface area contributed by atoms with Gasteiger partial charge in [-0.3, -0.25) is 4.79 Å². The van der Waals surface area contributed by atoms with E-state index in [1.54, 1.807) is 13.0 Å². The molecule has 0 saturated carbocycles. The van der Waals surface area contributed by atoms with Gasteiger partial charge in [0.1, 0.15) is 0 Å². The third-order valence-electron chi connectivity index (χ3n) is 1.82. The van der Waals surface area contributed by atoms with Crippen LogP contribution < -0.4 is 5.73 Å². The summed E-state index contributed by atoms with van der Waals surface area (Å²) in [5, 5.41) is 0. The highest BCUT2D eigenvalue weighted by Gasteiger charge is 2.09. The first kappa shape index (κ1) is 12.5. The van der Waals surface area contributed by atoms with Crippen LogP contribution in [0.4, 0.5) is 5.69 Å². The van der Waals surface area contributed by atoms with Crippen molar-refractivity contribution in [3.05, 3.63) is 26.6 Å². The third-order valence-corrected chi connectivity index (χ3v) is 3.67. The minimum absolute atomic E-state index is 0.200. The number of carbonyl (C=O) groups excluding carboxylic acids is 1. The monoisotopic (exact) mass is 335 g/mol. The van der Waals surface area contributed by atoms with Gasteiger partial charge in [-0.05, 0) is 56.5 Å². The van der Waals surface area contributed by atoms with E-state index in [1.165, 1.54) is 0 Å². The summed E-state index contributed by atoms with van der Waals surface area (Å²) in [4.78, 5) is 11.3. The number of hydrogen-bond donors (Lipinski definition) is 1. The van der Waals surface area contributed by atoms with Crippen LogP contribution in [-0.4, -0.2) is 12.6 Å². The second-order valence-corrected chi connectivity index (χ2v) is 4.66. The predicted molar refractivity (Wildman–Crippen MR) is 66.6 cm³/mol. The summed E-state index contributed by atoms with van der Waals surface area (Å²) in [6, 6.07) is 3.58. The highest BCUT2D eigenvalue weighted by atomic mass is 79.9. The van der Waals surface area contributed by atoms with Crippen molar-refractivity contribution in [2.75, 3.05) is 12.3 Å². The van der Waals surface area contributed by atoms with Crippen LogP contribution in [0.5, 0.6) is 0 Å². The van der Waals surface area contributed by atoms with E-state index in [0.717, 1.165) is 14.5 Å². The van der Waals surface area contributed by atoms with Gasteiger partial charge in [0.25, 0.3) is 0 Å². The summed E-state index contributed by atoms with van der Waals surface area (Å²) in [6.45, 7) is 2.16. The molecule has 0 atom stereocenters. The molecule has 82 valence electrons. The molecule has 0 amide bonds. The highest BCUT2D eigenvalue weighted by molar-refractivity contribution is 9.13. The number of carbonyl (C=O) groups is 1. The zero-order chi connectivity index (χ0) is 11.4. The lowest BCUT2D eigenvalue weighted by Crippen LogP contribution is -2.09. The van der Waals surface area contributed by atoms with Crippen molar-refractivity contribution in [1.82, 2.24) is 0 Å². The Hall–Kier alpha value is -0.550. The summed E-state index contributed by atoms with van der Waals surface area (Å²) in [7, 11) is 0. The Labute approximate surface area is 105 Å². The molecule has 0 unspecified atom stereocenters. The van der Waals surface area contributed by atoms with Crippen LogP contribution in [0.3, 0.4) is 0 Å². The number of anilines is 1.